The third-order valence-corrected chi connectivity index (χ3v) is 3.69. The molecule has 1 aromatic carbocycles. The molecule has 0 aliphatic rings. The molecule has 1 amide bonds. The molecule has 124 valence electrons. The van der Waals surface area contributed by atoms with E-state index < -0.39 is 11.7 Å². The van der Waals surface area contributed by atoms with Crippen LogP contribution in [0.5, 0.6) is 0 Å². The molecule has 22 heavy (non-hydrogen) atoms. The van der Waals surface area contributed by atoms with E-state index in [1.165, 1.54) is 4.90 Å². The monoisotopic (exact) mass is 347 g/mol. The summed E-state index contributed by atoms with van der Waals surface area (Å²) in [7, 11) is 0. The first-order valence-electron chi connectivity index (χ1n) is 7.22. The maximum atomic E-state index is 12.4. The summed E-state index contributed by atoms with van der Waals surface area (Å²) in [6.07, 6.45) is 0.139. The molecule has 0 radical (unpaired) electrons. The standard InChI is InChI=1S/C16H23Cl2NO3/c1-5-13(10-20)19(15(21)22-16(2,3)4)9-11-6-7-12(17)8-14(11)18/h6-8,13,20H,5,9-10H2,1-4H3. The number of nitrogens with zero attached hydrogens (tertiary/aromatic N) is 1. The molecule has 1 aromatic rings. The van der Waals surface area contributed by atoms with Crippen molar-refractivity contribution < 1.29 is 14.6 Å². The van der Waals surface area contributed by atoms with Crippen molar-refractivity contribution in [3.05, 3.63) is 33.8 Å². The van der Waals surface area contributed by atoms with Crippen LogP contribution in [0.15, 0.2) is 18.2 Å². The molecule has 6 heteroatoms. The fraction of sp³-hybridized carbons (Fsp3) is 0.562. The predicted molar refractivity (Wildman–Crippen MR) is 89.4 cm³/mol. The Morgan fingerprint density at radius 1 is 1.36 bits per heavy atom. The van der Waals surface area contributed by atoms with E-state index in [4.69, 9.17) is 27.9 Å². The molecule has 1 rings (SSSR count). The van der Waals surface area contributed by atoms with Gasteiger partial charge in [-0.25, -0.2) is 4.79 Å². The Morgan fingerprint density at radius 3 is 2.45 bits per heavy atom. The first-order valence-corrected chi connectivity index (χ1v) is 7.98. The van der Waals surface area contributed by atoms with Crippen LogP contribution in [-0.2, 0) is 11.3 Å². The average Bonchev–Trinajstić information content (AvgIpc) is 2.39. The maximum absolute atomic E-state index is 12.4. The number of halogens is 2. The van der Waals surface area contributed by atoms with Gasteiger partial charge in [-0.2, -0.15) is 0 Å². The molecule has 0 saturated heterocycles. The third kappa shape index (κ3) is 5.67. The van der Waals surface area contributed by atoms with Crippen LogP contribution in [0.3, 0.4) is 0 Å². The van der Waals surface area contributed by atoms with Crippen LogP contribution < -0.4 is 0 Å². The SMILES string of the molecule is CCC(CO)N(Cc1ccc(Cl)cc1Cl)C(=O)OC(C)(C)C. The molecular formula is C16H23Cl2NO3. The summed E-state index contributed by atoms with van der Waals surface area (Å²) in [6, 6.07) is 4.79. The Morgan fingerprint density at radius 2 is 2.00 bits per heavy atom. The molecule has 0 aromatic heterocycles. The molecule has 4 nitrogen and oxygen atoms in total. The van der Waals surface area contributed by atoms with Gasteiger partial charge in [0.25, 0.3) is 0 Å². The van der Waals surface area contributed by atoms with E-state index in [2.05, 4.69) is 0 Å². The van der Waals surface area contributed by atoms with Gasteiger partial charge in [0.2, 0.25) is 0 Å². The van der Waals surface area contributed by atoms with Crippen molar-refractivity contribution >= 4 is 29.3 Å². The second-order valence-electron chi connectivity index (χ2n) is 6.09. The first kappa shape index (κ1) is 19.1. The fourth-order valence-electron chi connectivity index (χ4n) is 1.94. The number of rotatable bonds is 5. The van der Waals surface area contributed by atoms with Crippen molar-refractivity contribution in [3.63, 3.8) is 0 Å². The second-order valence-corrected chi connectivity index (χ2v) is 6.93. The highest BCUT2D eigenvalue weighted by Crippen LogP contribution is 2.24. The average molecular weight is 348 g/mol. The van der Waals surface area contributed by atoms with Crippen LogP contribution >= 0.6 is 23.2 Å². The second kappa shape index (κ2) is 8.04. The highest BCUT2D eigenvalue weighted by Gasteiger charge is 2.27. The Bertz CT molecular complexity index is 511. The molecule has 0 spiro atoms. The van der Waals surface area contributed by atoms with Crippen LogP contribution in [-0.4, -0.2) is 34.3 Å². The molecule has 0 saturated carbocycles. The van der Waals surface area contributed by atoms with Crippen LogP contribution in [0.2, 0.25) is 10.0 Å². The molecule has 1 atom stereocenters. The lowest BCUT2D eigenvalue weighted by Gasteiger charge is -2.32. The van der Waals surface area contributed by atoms with Gasteiger partial charge in [-0.05, 0) is 44.9 Å². The van der Waals surface area contributed by atoms with Gasteiger partial charge >= 0.3 is 6.09 Å². The van der Waals surface area contributed by atoms with Crippen molar-refractivity contribution in [1.29, 1.82) is 0 Å². The normalized spacial score (nSPS) is 12.9. The summed E-state index contributed by atoms with van der Waals surface area (Å²) >= 11 is 12.1. The molecule has 0 fully saturated rings. The van der Waals surface area contributed by atoms with Crippen LogP contribution in [0.1, 0.15) is 39.7 Å². The number of ether oxygens (including phenoxy) is 1. The number of carbonyl (C=O) groups excluding carboxylic acids is 1. The summed E-state index contributed by atoms with van der Waals surface area (Å²) in [6.45, 7) is 7.43. The fourth-order valence-corrected chi connectivity index (χ4v) is 2.41. The van der Waals surface area contributed by atoms with E-state index >= 15 is 0 Å². The topological polar surface area (TPSA) is 49.8 Å². The molecular weight excluding hydrogens is 325 g/mol. The quantitative estimate of drug-likeness (QED) is 0.852. The molecule has 0 bridgehead atoms. The molecule has 0 aliphatic heterocycles. The van der Waals surface area contributed by atoms with Crippen LogP contribution in [0.25, 0.3) is 0 Å². The van der Waals surface area contributed by atoms with Crippen molar-refractivity contribution in [2.75, 3.05) is 6.61 Å². The van der Waals surface area contributed by atoms with Gasteiger partial charge in [0, 0.05) is 10.0 Å². The first-order chi connectivity index (χ1) is 10.2. The minimum atomic E-state index is -0.604. The van der Waals surface area contributed by atoms with Crippen molar-refractivity contribution in [3.8, 4) is 0 Å². The van der Waals surface area contributed by atoms with E-state index in [9.17, 15) is 9.90 Å². The van der Waals surface area contributed by atoms with E-state index in [1.54, 1.807) is 39.0 Å². The lowest BCUT2D eigenvalue weighted by molar-refractivity contribution is 0.00640. The number of carbonyl (C=O) groups is 1. The molecule has 1 N–H and O–H groups in total. The van der Waals surface area contributed by atoms with Crippen molar-refractivity contribution in [1.82, 2.24) is 4.90 Å². The number of amides is 1. The summed E-state index contributed by atoms with van der Waals surface area (Å²) in [5.74, 6) is 0. The highest BCUT2D eigenvalue weighted by atomic mass is 35.5. The smallest absolute Gasteiger partial charge is 0.410 e. The van der Waals surface area contributed by atoms with E-state index in [0.29, 0.717) is 16.5 Å². The van der Waals surface area contributed by atoms with Gasteiger partial charge in [-0.1, -0.05) is 36.2 Å². The number of benzene rings is 1. The number of hydrogen-bond acceptors (Lipinski definition) is 3. The zero-order valence-electron chi connectivity index (χ0n) is 13.4. The molecule has 1 unspecified atom stereocenters. The van der Waals surface area contributed by atoms with Crippen molar-refractivity contribution in [2.45, 2.75) is 52.3 Å². The number of hydrogen-bond donors (Lipinski definition) is 1. The summed E-state index contributed by atoms with van der Waals surface area (Å²) in [5, 5.41) is 10.5. The summed E-state index contributed by atoms with van der Waals surface area (Å²) < 4.78 is 5.43. The Kier molecular flexibility index (Phi) is 6.98. The lowest BCUT2D eigenvalue weighted by atomic mass is 10.1. The van der Waals surface area contributed by atoms with E-state index in [-0.39, 0.29) is 19.2 Å². The van der Waals surface area contributed by atoms with E-state index in [0.717, 1.165) is 5.56 Å². The van der Waals surface area contributed by atoms with Crippen LogP contribution in [0.4, 0.5) is 4.79 Å². The van der Waals surface area contributed by atoms with Crippen molar-refractivity contribution in [2.24, 2.45) is 0 Å². The minimum absolute atomic E-state index is 0.138. The lowest BCUT2D eigenvalue weighted by Crippen LogP contribution is -2.44. The number of aliphatic hydroxyl groups is 1. The molecule has 0 aliphatic carbocycles. The van der Waals surface area contributed by atoms with E-state index in [1.807, 2.05) is 6.92 Å². The van der Waals surface area contributed by atoms with Gasteiger partial charge in [0.05, 0.1) is 19.2 Å². The predicted octanol–water partition coefficient (Wildman–Crippen LogP) is 4.50. The maximum Gasteiger partial charge on any atom is 0.410 e. The van der Waals surface area contributed by atoms with Gasteiger partial charge in [-0.3, -0.25) is 4.90 Å². The zero-order chi connectivity index (χ0) is 16.9. The van der Waals surface area contributed by atoms with Gasteiger partial charge < -0.3 is 9.84 Å². The minimum Gasteiger partial charge on any atom is -0.444 e. The van der Waals surface area contributed by atoms with Crippen LogP contribution in [0, 0.1) is 0 Å². The number of aliphatic hydroxyl groups excluding tert-OH is 1. The highest BCUT2D eigenvalue weighted by molar-refractivity contribution is 6.35. The Balaban J connectivity index is 3.02. The van der Waals surface area contributed by atoms with Gasteiger partial charge in [0.15, 0.2) is 0 Å². The van der Waals surface area contributed by atoms with Gasteiger partial charge in [0.1, 0.15) is 5.60 Å². The molecule has 0 heterocycles. The summed E-state index contributed by atoms with van der Waals surface area (Å²) in [4.78, 5) is 13.9. The largest absolute Gasteiger partial charge is 0.444 e. The zero-order valence-corrected chi connectivity index (χ0v) is 14.9. The summed E-state index contributed by atoms with van der Waals surface area (Å²) in [5.41, 5.74) is 0.149. The Hall–Kier alpha value is -0.970. The van der Waals surface area contributed by atoms with Gasteiger partial charge in [-0.15, -0.1) is 0 Å². The Labute approximate surface area is 142 Å². The third-order valence-electron chi connectivity index (χ3n) is 3.11.